The third kappa shape index (κ3) is 3.56. The van der Waals surface area contributed by atoms with Gasteiger partial charge in [-0.05, 0) is 0 Å². The van der Waals surface area contributed by atoms with Crippen LogP contribution in [0.4, 0.5) is 11.9 Å². The van der Waals surface area contributed by atoms with Crippen LogP contribution in [0.2, 0.25) is 0 Å². The van der Waals surface area contributed by atoms with E-state index < -0.39 is 0 Å². The fourth-order valence-corrected chi connectivity index (χ4v) is 0.921. The van der Waals surface area contributed by atoms with Crippen molar-refractivity contribution < 1.29 is 14.3 Å². The van der Waals surface area contributed by atoms with E-state index in [4.69, 9.17) is 10.5 Å². The van der Waals surface area contributed by atoms with Crippen LogP contribution in [0, 0.1) is 0 Å². The monoisotopic (exact) mass is 227 g/mol. The Kier molecular flexibility index (Phi) is 4.25. The summed E-state index contributed by atoms with van der Waals surface area (Å²) in [7, 11) is 2.75. The second-order valence-electron chi connectivity index (χ2n) is 2.76. The molecule has 1 aromatic rings. The maximum Gasteiger partial charge on any atom is 0.322 e. The van der Waals surface area contributed by atoms with E-state index >= 15 is 0 Å². The van der Waals surface area contributed by atoms with E-state index in [1.54, 1.807) is 0 Å². The van der Waals surface area contributed by atoms with Crippen LogP contribution in [-0.4, -0.2) is 41.7 Å². The normalized spacial score (nSPS) is 9.62. The molecule has 0 aliphatic heterocycles. The van der Waals surface area contributed by atoms with Crippen molar-refractivity contribution in [3.63, 3.8) is 0 Å². The lowest BCUT2D eigenvalue weighted by atomic mass is 10.4. The fourth-order valence-electron chi connectivity index (χ4n) is 0.921. The van der Waals surface area contributed by atoms with Crippen LogP contribution in [0.1, 0.15) is 6.42 Å². The van der Waals surface area contributed by atoms with E-state index in [-0.39, 0.29) is 30.3 Å². The summed E-state index contributed by atoms with van der Waals surface area (Å²) < 4.78 is 9.29. The van der Waals surface area contributed by atoms with Gasteiger partial charge in [0.1, 0.15) is 0 Å². The predicted molar refractivity (Wildman–Crippen MR) is 55.9 cm³/mol. The Bertz CT molecular complexity index is 371. The highest BCUT2D eigenvalue weighted by molar-refractivity contribution is 5.69. The summed E-state index contributed by atoms with van der Waals surface area (Å²) >= 11 is 0. The summed E-state index contributed by atoms with van der Waals surface area (Å²) in [6.45, 7) is 0.347. The van der Waals surface area contributed by atoms with Crippen molar-refractivity contribution in [2.24, 2.45) is 0 Å². The van der Waals surface area contributed by atoms with Crippen LogP contribution in [0.5, 0.6) is 6.01 Å². The fraction of sp³-hybridized carbons (Fsp3) is 0.500. The zero-order valence-corrected chi connectivity index (χ0v) is 9.06. The molecule has 0 unspecified atom stereocenters. The van der Waals surface area contributed by atoms with Gasteiger partial charge >= 0.3 is 12.0 Å². The van der Waals surface area contributed by atoms with Gasteiger partial charge in [-0.25, -0.2) is 0 Å². The van der Waals surface area contributed by atoms with Crippen molar-refractivity contribution in [3.05, 3.63) is 0 Å². The highest BCUT2D eigenvalue weighted by Crippen LogP contribution is 2.07. The number of anilines is 2. The number of hydrogen-bond acceptors (Lipinski definition) is 8. The van der Waals surface area contributed by atoms with E-state index in [1.165, 1.54) is 14.2 Å². The SMILES string of the molecule is COC(=O)CCNc1nc(N)nc(OC)n1. The molecule has 8 nitrogen and oxygen atoms in total. The van der Waals surface area contributed by atoms with Crippen LogP contribution in [-0.2, 0) is 9.53 Å². The van der Waals surface area contributed by atoms with E-state index in [1.807, 2.05) is 0 Å². The number of esters is 1. The number of carbonyl (C=O) groups excluding carboxylic acids is 1. The summed E-state index contributed by atoms with van der Waals surface area (Å²) in [6.07, 6.45) is 0.213. The summed E-state index contributed by atoms with van der Waals surface area (Å²) in [6, 6.07) is 0.119. The van der Waals surface area contributed by atoms with Crippen LogP contribution < -0.4 is 15.8 Å². The lowest BCUT2D eigenvalue weighted by Crippen LogP contribution is -2.13. The smallest absolute Gasteiger partial charge is 0.322 e. The van der Waals surface area contributed by atoms with Gasteiger partial charge in [-0.2, -0.15) is 15.0 Å². The van der Waals surface area contributed by atoms with Gasteiger partial charge in [0, 0.05) is 6.54 Å². The van der Waals surface area contributed by atoms with E-state index in [9.17, 15) is 4.79 Å². The van der Waals surface area contributed by atoms with Crippen LogP contribution >= 0.6 is 0 Å². The van der Waals surface area contributed by atoms with E-state index in [2.05, 4.69) is 25.0 Å². The predicted octanol–water partition coefficient (Wildman–Crippen LogP) is -0.563. The molecule has 0 aliphatic carbocycles. The van der Waals surface area contributed by atoms with Crippen LogP contribution in [0.25, 0.3) is 0 Å². The third-order valence-corrected chi connectivity index (χ3v) is 1.65. The number of nitrogens with one attached hydrogen (secondary N) is 1. The minimum absolute atomic E-state index is 0.0485. The maximum atomic E-state index is 10.8. The third-order valence-electron chi connectivity index (χ3n) is 1.65. The molecule has 0 fully saturated rings. The molecule has 1 aromatic heterocycles. The molecule has 88 valence electrons. The van der Waals surface area contributed by atoms with Gasteiger partial charge in [0.2, 0.25) is 11.9 Å². The van der Waals surface area contributed by atoms with E-state index in [0.717, 1.165) is 0 Å². The minimum atomic E-state index is -0.318. The molecule has 1 heterocycles. The van der Waals surface area contributed by atoms with Crippen molar-refractivity contribution in [3.8, 4) is 6.01 Å². The first kappa shape index (κ1) is 12.0. The molecule has 8 heteroatoms. The number of carbonyl (C=O) groups is 1. The zero-order valence-electron chi connectivity index (χ0n) is 9.06. The van der Waals surface area contributed by atoms with Crippen molar-refractivity contribution in [1.29, 1.82) is 0 Å². The number of nitrogens with two attached hydrogens (primary N) is 1. The van der Waals surface area contributed by atoms with Gasteiger partial charge in [0.15, 0.2) is 0 Å². The van der Waals surface area contributed by atoms with Gasteiger partial charge in [0.05, 0.1) is 20.6 Å². The number of nitrogen functional groups attached to an aromatic ring is 1. The van der Waals surface area contributed by atoms with Crippen molar-refractivity contribution in [1.82, 2.24) is 15.0 Å². The van der Waals surface area contributed by atoms with E-state index in [0.29, 0.717) is 6.54 Å². The van der Waals surface area contributed by atoms with Gasteiger partial charge < -0.3 is 20.5 Å². The number of aromatic nitrogens is 3. The molecule has 16 heavy (non-hydrogen) atoms. The van der Waals surface area contributed by atoms with Gasteiger partial charge in [0.25, 0.3) is 0 Å². The highest BCUT2D eigenvalue weighted by atomic mass is 16.5. The average Bonchev–Trinajstić information content (AvgIpc) is 2.28. The highest BCUT2D eigenvalue weighted by Gasteiger charge is 2.05. The Hall–Kier alpha value is -2.12. The quantitative estimate of drug-likeness (QED) is 0.643. The molecule has 0 radical (unpaired) electrons. The van der Waals surface area contributed by atoms with Crippen molar-refractivity contribution >= 4 is 17.9 Å². The van der Waals surface area contributed by atoms with Gasteiger partial charge in [-0.3, -0.25) is 4.79 Å². The Morgan fingerprint density at radius 2 is 2.12 bits per heavy atom. The van der Waals surface area contributed by atoms with Crippen LogP contribution in [0.15, 0.2) is 0 Å². The number of nitrogens with zero attached hydrogens (tertiary/aromatic N) is 3. The average molecular weight is 227 g/mol. The Balaban J connectivity index is 2.53. The minimum Gasteiger partial charge on any atom is -0.469 e. The first-order valence-electron chi connectivity index (χ1n) is 4.52. The summed E-state index contributed by atoms with van der Waals surface area (Å²) in [5.41, 5.74) is 5.42. The lowest BCUT2D eigenvalue weighted by Gasteiger charge is -2.05. The summed E-state index contributed by atoms with van der Waals surface area (Å²) in [5, 5.41) is 2.80. The first-order chi connectivity index (χ1) is 7.65. The Labute approximate surface area is 92.2 Å². The first-order valence-corrected chi connectivity index (χ1v) is 4.52. The maximum absolute atomic E-state index is 10.8. The molecule has 0 atom stereocenters. The number of methoxy groups -OCH3 is 2. The molecule has 0 saturated heterocycles. The molecule has 0 aromatic carbocycles. The molecule has 0 bridgehead atoms. The number of hydrogen-bond donors (Lipinski definition) is 2. The molecule has 0 amide bonds. The Morgan fingerprint density at radius 3 is 2.75 bits per heavy atom. The van der Waals surface area contributed by atoms with Crippen molar-refractivity contribution in [2.45, 2.75) is 6.42 Å². The number of rotatable bonds is 5. The number of ether oxygens (including phenoxy) is 2. The molecule has 3 N–H and O–H groups in total. The second kappa shape index (κ2) is 5.69. The van der Waals surface area contributed by atoms with Gasteiger partial charge in [-0.1, -0.05) is 0 Å². The zero-order chi connectivity index (χ0) is 12.0. The molecule has 0 spiro atoms. The standard InChI is InChI=1S/C8H13N5O3/c1-15-5(14)3-4-10-7-11-6(9)12-8(13-7)16-2/h3-4H2,1-2H3,(H3,9,10,11,12,13). The van der Waals surface area contributed by atoms with Crippen molar-refractivity contribution in [2.75, 3.05) is 31.8 Å². The lowest BCUT2D eigenvalue weighted by molar-refractivity contribution is -0.140. The molecule has 1 rings (SSSR count). The summed E-state index contributed by atoms with van der Waals surface area (Å²) in [4.78, 5) is 22.2. The molecule has 0 aliphatic rings. The topological polar surface area (TPSA) is 112 Å². The van der Waals surface area contributed by atoms with Gasteiger partial charge in [-0.15, -0.1) is 0 Å². The largest absolute Gasteiger partial charge is 0.469 e. The molecular formula is C8H13N5O3. The summed E-state index contributed by atoms with van der Waals surface area (Å²) in [5.74, 6) is -0.0119. The Morgan fingerprint density at radius 1 is 1.38 bits per heavy atom. The second-order valence-corrected chi connectivity index (χ2v) is 2.76. The molecular weight excluding hydrogens is 214 g/mol. The van der Waals surface area contributed by atoms with Crippen LogP contribution in [0.3, 0.4) is 0 Å². The molecule has 0 saturated carbocycles.